The Bertz CT molecular complexity index is 1080. The summed E-state index contributed by atoms with van der Waals surface area (Å²) in [5.41, 5.74) is 10.7. The van der Waals surface area contributed by atoms with Crippen molar-refractivity contribution in [2.75, 3.05) is 11.1 Å². The molecule has 3 aromatic rings. The van der Waals surface area contributed by atoms with Gasteiger partial charge in [-0.3, -0.25) is 9.59 Å². The number of nitrogens with two attached hydrogens (primary N) is 1. The van der Waals surface area contributed by atoms with Crippen LogP contribution >= 0.6 is 0 Å². The standard InChI is InChI=1S/C23H22N4O2/c1-14(28)25-18-9-5-6-15(10-18)11-19-22-20(27-23(24)26-19)12-17(13-21(22)29)16-7-3-2-4-8-16/h2-10,17H,11-13H2,1H3,(H,25,28)(H2,24,26,27). The van der Waals surface area contributed by atoms with Crippen molar-refractivity contribution in [2.45, 2.75) is 32.1 Å². The molecule has 3 N–H and O–H groups in total. The summed E-state index contributed by atoms with van der Waals surface area (Å²) in [6, 6.07) is 17.5. The number of rotatable bonds is 4. The molecule has 1 atom stereocenters. The fraction of sp³-hybridized carbons (Fsp3) is 0.217. The van der Waals surface area contributed by atoms with Crippen molar-refractivity contribution in [3.05, 3.63) is 82.7 Å². The van der Waals surface area contributed by atoms with Crippen molar-refractivity contribution in [3.8, 4) is 0 Å². The van der Waals surface area contributed by atoms with E-state index in [0.717, 1.165) is 16.8 Å². The molecule has 0 radical (unpaired) electrons. The number of ketones is 1. The summed E-state index contributed by atoms with van der Waals surface area (Å²) in [6.45, 7) is 1.47. The fourth-order valence-corrected chi connectivity index (χ4v) is 3.93. The Labute approximate surface area is 169 Å². The van der Waals surface area contributed by atoms with Crippen LogP contribution in [-0.4, -0.2) is 21.7 Å². The second-order valence-electron chi connectivity index (χ2n) is 7.35. The lowest BCUT2D eigenvalue weighted by Gasteiger charge is -2.25. The molecule has 0 aliphatic heterocycles. The zero-order valence-corrected chi connectivity index (χ0v) is 16.2. The average molecular weight is 386 g/mol. The lowest BCUT2D eigenvalue weighted by molar-refractivity contribution is -0.114. The minimum atomic E-state index is -0.132. The Morgan fingerprint density at radius 1 is 1.10 bits per heavy atom. The van der Waals surface area contributed by atoms with E-state index in [9.17, 15) is 9.59 Å². The normalized spacial score (nSPS) is 15.6. The predicted molar refractivity (Wildman–Crippen MR) is 112 cm³/mol. The van der Waals surface area contributed by atoms with Gasteiger partial charge < -0.3 is 11.1 Å². The number of carbonyl (C=O) groups is 2. The van der Waals surface area contributed by atoms with Crippen molar-refractivity contribution in [1.29, 1.82) is 0 Å². The van der Waals surface area contributed by atoms with Crippen molar-refractivity contribution in [3.63, 3.8) is 0 Å². The molecule has 1 amide bonds. The molecule has 1 aliphatic carbocycles. The summed E-state index contributed by atoms with van der Waals surface area (Å²) < 4.78 is 0. The molecule has 0 saturated carbocycles. The van der Waals surface area contributed by atoms with Crippen molar-refractivity contribution >= 4 is 23.3 Å². The molecule has 29 heavy (non-hydrogen) atoms. The van der Waals surface area contributed by atoms with Gasteiger partial charge in [-0.1, -0.05) is 42.5 Å². The van der Waals surface area contributed by atoms with Crippen LogP contribution in [0.3, 0.4) is 0 Å². The molecule has 0 bridgehead atoms. The molecular formula is C23H22N4O2. The fourth-order valence-electron chi connectivity index (χ4n) is 3.93. The number of nitrogen functional groups attached to an aromatic ring is 1. The smallest absolute Gasteiger partial charge is 0.221 e. The molecule has 0 fully saturated rings. The third-order valence-electron chi connectivity index (χ3n) is 5.12. The van der Waals surface area contributed by atoms with E-state index in [1.807, 2.05) is 54.6 Å². The highest BCUT2D eigenvalue weighted by molar-refractivity contribution is 6.00. The first-order valence-corrected chi connectivity index (χ1v) is 9.59. The van der Waals surface area contributed by atoms with Gasteiger partial charge in [0.15, 0.2) is 5.78 Å². The van der Waals surface area contributed by atoms with Gasteiger partial charge in [0, 0.05) is 25.5 Å². The minimum Gasteiger partial charge on any atom is -0.368 e. The number of fused-ring (bicyclic) bond motifs is 1. The number of nitrogens with one attached hydrogen (secondary N) is 1. The Hall–Kier alpha value is -3.54. The van der Waals surface area contributed by atoms with E-state index >= 15 is 0 Å². The van der Waals surface area contributed by atoms with Gasteiger partial charge in [0.05, 0.1) is 17.0 Å². The maximum absolute atomic E-state index is 13.0. The van der Waals surface area contributed by atoms with E-state index in [0.29, 0.717) is 36.2 Å². The van der Waals surface area contributed by atoms with E-state index in [2.05, 4.69) is 15.3 Å². The molecule has 2 aromatic carbocycles. The summed E-state index contributed by atoms with van der Waals surface area (Å²) in [4.78, 5) is 33.1. The SMILES string of the molecule is CC(=O)Nc1cccc(Cc2nc(N)nc3c2C(=O)CC(c2ccccc2)C3)c1. The molecule has 0 saturated heterocycles. The second kappa shape index (κ2) is 7.83. The van der Waals surface area contributed by atoms with Gasteiger partial charge in [-0.05, 0) is 35.6 Å². The van der Waals surface area contributed by atoms with Crippen LogP contribution < -0.4 is 11.1 Å². The molecule has 4 rings (SSSR count). The Morgan fingerprint density at radius 2 is 1.90 bits per heavy atom. The summed E-state index contributed by atoms with van der Waals surface area (Å²) in [5, 5.41) is 2.77. The molecule has 1 aromatic heterocycles. The summed E-state index contributed by atoms with van der Waals surface area (Å²) >= 11 is 0. The minimum absolute atomic E-state index is 0.0492. The number of Topliss-reactive ketones (excluding diaryl/α,β-unsaturated/α-hetero) is 1. The van der Waals surface area contributed by atoms with Crippen molar-refractivity contribution in [2.24, 2.45) is 0 Å². The van der Waals surface area contributed by atoms with Crippen LogP contribution in [0.1, 0.15) is 52.1 Å². The van der Waals surface area contributed by atoms with Crippen molar-refractivity contribution in [1.82, 2.24) is 9.97 Å². The first kappa shape index (κ1) is 18.8. The highest BCUT2D eigenvalue weighted by Gasteiger charge is 2.30. The van der Waals surface area contributed by atoms with Crippen molar-refractivity contribution < 1.29 is 9.59 Å². The topological polar surface area (TPSA) is 98.0 Å². The molecule has 6 nitrogen and oxygen atoms in total. The molecule has 1 heterocycles. The maximum Gasteiger partial charge on any atom is 0.221 e. The third kappa shape index (κ3) is 4.16. The lowest BCUT2D eigenvalue weighted by Crippen LogP contribution is -2.24. The molecular weight excluding hydrogens is 364 g/mol. The number of aromatic nitrogens is 2. The van der Waals surface area contributed by atoms with Gasteiger partial charge in [0.25, 0.3) is 0 Å². The number of amides is 1. The first-order chi connectivity index (χ1) is 14.0. The highest BCUT2D eigenvalue weighted by atomic mass is 16.1. The summed E-state index contributed by atoms with van der Waals surface area (Å²) in [7, 11) is 0. The highest BCUT2D eigenvalue weighted by Crippen LogP contribution is 2.34. The monoisotopic (exact) mass is 386 g/mol. The molecule has 1 aliphatic rings. The number of carbonyl (C=O) groups excluding carboxylic acids is 2. The number of hydrogen-bond acceptors (Lipinski definition) is 5. The molecule has 0 spiro atoms. The van der Waals surface area contributed by atoms with Gasteiger partial charge >= 0.3 is 0 Å². The second-order valence-corrected chi connectivity index (χ2v) is 7.35. The van der Waals surface area contributed by atoms with Crippen LogP contribution in [0.2, 0.25) is 0 Å². The Kier molecular flexibility index (Phi) is 5.08. The zero-order valence-electron chi connectivity index (χ0n) is 16.2. The van der Waals surface area contributed by atoms with Gasteiger partial charge in [-0.25, -0.2) is 9.97 Å². The summed E-state index contributed by atoms with van der Waals surface area (Å²) in [5.74, 6) is 0.195. The van der Waals surface area contributed by atoms with Gasteiger partial charge in [-0.2, -0.15) is 0 Å². The van der Waals surface area contributed by atoms with E-state index in [1.165, 1.54) is 6.92 Å². The predicted octanol–water partition coefficient (Wildman–Crippen LogP) is 3.52. The molecule has 1 unspecified atom stereocenters. The van der Waals surface area contributed by atoms with Crippen LogP contribution in [0, 0.1) is 0 Å². The van der Waals surface area contributed by atoms with E-state index in [-0.39, 0.29) is 23.6 Å². The van der Waals surface area contributed by atoms with E-state index in [1.54, 1.807) is 0 Å². The van der Waals surface area contributed by atoms with Crippen LogP contribution in [0.5, 0.6) is 0 Å². The first-order valence-electron chi connectivity index (χ1n) is 9.59. The number of hydrogen-bond donors (Lipinski definition) is 2. The van der Waals surface area contributed by atoms with Gasteiger partial charge in [0.1, 0.15) is 0 Å². The average Bonchev–Trinajstić information content (AvgIpc) is 2.67. The van der Waals surface area contributed by atoms with Gasteiger partial charge in [0.2, 0.25) is 11.9 Å². The summed E-state index contributed by atoms with van der Waals surface area (Å²) in [6.07, 6.45) is 1.55. The van der Waals surface area contributed by atoms with Crippen LogP contribution in [-0.2, 0) is 17.6 Å². The molecule has 6 heteroatoms. The quantitative estimate of drug-likeness (QED) is 0.715. The Balaban J connectivity index is 1.66. The third-order valence-corrected chi connectivity index (χ3v) is 5.12. The lowest BCUT2D eigenvalue weighted by atomic mass is 9.80. The van der Waals surface area contributed by atoms with Crippen LogP contribution in [0.4, 0.5) is 11.6 Å². The largest absolute Gasteiger partial charge is 0.368 e. The van der Waals surface area contributed by atoms with E-state index < -0.39 is 0 Å². The molecule has 146 valence electrons. The van der Waals surface area contributed by atoms with Crippen LogP contribution in [0.15, 0.2) is 54.6 Å². The zero-order chi connectivity index (χ0) is 20.4. The number of anilines is 2. The maximum atomic E-state index is 13.0. The Morgan fingerprint density at radius 3 is 2.66 bits per heavy atom. The van der Waals surface area contributed by atoms with Gasteiger partial charge in [-0.15, -0.1) is 0 Å². The van der Waals surface area contributed by atoms with Crippen LogP contribution in [0.25, 0.3) is 0 Å². The number of nitrogens with zero attached hydrogens (tertiary/aromatic N) is 2. The number of benzene rings is 2. The van der Waals surface area contributed by atoms with E-state index in [4.69, 9.17) is 5.73 Å².